The van der Waals surface area contributed by atoms with Gasteiger partial charge in [-0.3, -0.25) is 9.46 Å². The summed E-state index contributed by atoms with van der Waals surface area (Å²) in [5.41, 5.74) is 4.00. The summed E-state index contributed by atoms with van der Waals surface area (Å²) < 4.78 is 38.0. The lowest BCUT2D eigenvalue weighted by Gasteiger charge is -2.31. The Morgan fingerprint density at radius 1 is 1.00 bits per heavy atom. The van der Waals surface area contributed by atoms with E-state index in [0.717, 1.165) is 22.3 Å². The Balaban J connectivity index is 1.91. The molecule has 0 fully saturated rings. The van der Waals surface area contributed by atoms with Crippen molar-refractivity contribution >= 4 is 7.37 Å². The van der Waals surface area contributed by atoms with Gasteiger partial charge in [0.05, 0.1) is 13.3 Å². The lowest BCUT2D eigenvalue weighted by atomic mass is 9.96. The topological polar surface area (TPSA) is 84.8 Å². The molecule has 0 spiro atoms. The summed E-state index contributed by atoms with van der Waals surface area (Å²) in [6.07, 6.45) is 3.03. The number of nitrogens with zero attached hydrogens (tertiary/aromatic N) is 3. The van der Waals surface area contributed by atoms with E-state index in [-0.39, 0.29) is 18.7 Å². The van der Waals surface area contributed by atoms with Gasteiger partial charge in [0.15, 0.2) is 7.37 Å². The third-order valence-electron chi connectivity index (χ3n) is 6.51. The molecule has 2 unspecified atom stereocenters. The van der Waals surface area contributed by atoms with Crippen molar-refractivity contribution in [3.8, 4) is 22.9 Å². The zero-order valence-corrected chi connectivity index (χ0v) is 24.2. The highest BCUT2D eigenvalue weighted by atomic mass is 31.2. The summed E-state index contributed by atoms with van der Waals surface area (Å²) in [6.45, 7) is 12.8. The van der Waals surface area contributed by atoms with Gasteiger partial charge in [0.25, 0.3) is 0 Å². The summed E-state index contributed by atoms with van der Waals surface area (Å²) >= 11 is 0. The summed E-state index contributed by atoms with van der Waals surface area (Å²) in [5, 5.41) is 0. The molecule has 0 aliphatic heterocycles. The molecule has 206 valence electrons. The molecule has 1 N–H and O–H groups in total. The molecule has 3 rings (SSSR count). The minimum atomic E-state index is -3.14. The van der Waals surface area contributed by atoms with Gasteiger partial charge in [-0.15, -0.1) is 0 Å². The van der Waals surface area contributed by atoms with Gasteiger partial charge in [0, 0.05) is 55.3 Å². The fraction of sp³-hybridized carbons (Fsp3) is 0.448. The first-order chi connectivity index (χ1) is 17.9. The zero-order chi connectivity index (χ0) is 28.0. The molecule has 2 heterocycles. The quantitative estimate of drug-likeness (QED) is 0.261. The zero-order valence-electron chi connectivity index (χ0n) is 23.3. The lowest BCUT2D eigenvalue weighted by Crippen LogP contribution is -2.36. The van der Waals surface area contributed by atoms with Crippen LogP contribution in [0.2, 0.25) is 0 Å². The Morgan fingerprint density at radius 3 is 2.34 bits per heavy atom. The molecule has 0 saturated carbocycles. The van der Waals surface area contributed by atoms with E-state index in [1.807, 2.05) is 37.3 Å². The van der Waals surface area contributed by atoms with Gasteiger partial charge in [-0.1, -0.05) is 25.1 Å². The number of halogens is 1. The molecule has 38 heavy (non-hydrogen) atoms. The number of pyridine rings is 2. The summed E-state index contributed by atoms with van der Waals surface area (Å²) in [5.74, 6) is 0.286. The highest BCUT2D eigenvalue weighted by Crippen LogP contribution is 2.40. The number of benzene rings is 1. The summed E-state index contributed by atoms with van der Waals surface area (Å²) in [7, 11) is -1.63. The van der Waals surface area contributed by atoms with E-state index in [1.54, 1.807) is 12.3 Å². The average Bonchev–Trinajstić information content (AvgIpc) is 2.85. The Morgan fingerprint density at radius 2 is 1.71 bits per heavy atom. The number of hydrogen-bond donors (Lipinski definition) is 1. The van der Waals surface area contributed by atoms with Crippen molar-refractivity contribution < 1.29 is 23.3 Å². The molecule has 0 saturated heterocycles. The van der Waals surface area contributed by atoms with Crippen molar-refractivity contribution in [3.05, 3.63) is 71.3 Å². The van der Waals surface area contributed by atoms with E-state index < -0.39 is 13.2 Å². The van der Waals surface area contributed by atoms with Crippen molar-refractivity contribution in [2.75, 3.05) is 19.9 Å². The molecule has 7 nitrogen and oxygen atoms in total. The van der Waals surface area contributed by atoms with Crippen molar-refractivity contribution in [3.63, 3.8) is 0 Å². The van der Waals surface area contributed by atoms with Gasteiger partial charge in [-0.25, -0.2) is 14.4 Å². The van der Waals surface area contributed by atoms with E-state index in [9.17, 15) is 13.8 Å². The fourth-order valence-corrected chi connectivity index (χ4v) is 5.83. The molecule has 2 aromatic heterocycles. The monoisotopic (exact) mass is 543 g/mol. The fourth-order valence-electron chi connectivity index (χ4n) is 4.61. The van der Waals surface area contributed by atoms with Crippen LogP contribution in [0.3, 0.4) is 0 Å². The molecular weight excluding hydrogens is 504 g/mol. The third kappa shape index (κ3) is 8.10. The molecule has 2 atom stereocenters. The molecule has 9 heteroatoms. The maximum atomic E-state index is 14.9. The first-order valence-corrected chi connectivity index (χ1v) is 15.1. The van der Waals surface area contributed by atoms with Crippen LogP contribution in [0.15, 0.2) is 48.8 Å². The minimum absolute atomic E-state index is 0.0997. The van der Waals surface area contributed by atoms with E-state index in [1.165, 1.54) is 20.0 Å². The van der Waals surface area contributed by atoms with E-state index in [4.69, 9.17) is 9.47 Å². The molecule has 0 amide bonds. The van der Waals surface area contributed by atoms with Gasteiger partial charge in [0.1, 0.15) is 12.4 Å². The van der Waals surface area contributed by atoms with Crippen LogP contribution in [0.4, 0.5) is 4.39 Å². The minimum Gasteiger partial charge on any atom is -0.481 e. The van der Waals surface area contributed by atoms with Gasteiger partial charge < -0.3 is 14.4 Å². The van der Waals surface area contributed by atoms with E-state index >= 15 is 0 Å². The van der Waals surface area contributed by atoms with Crippen LogP contribution in [0.1, 0.15) is 57.2 Å². The number of aromatic nitrogens is 2. The number of hydrogen-bond acceptors (Lipinski definition) is 6. The highest BCUT2D eigenvalue weighted by Gasteiger charge is 2.20. The van der Waals surface area contributed by atoms with Crippen molar-refractivity contribution in [2.45, 2.75) is 65.8 Å². The van der Waals surface area contributed by atoms with Crippen molar-refractivity contribution in [2.24, 2.45) is 0 Å². The van der Waals surface area contributed by atoms with Crippen LogP contribution in [0.5, 0.6) is 11.8 Å². The second kappa shape index (κ2) is 12.8. The number of rotatable bonds is 12. The summed E-state index contributed by atoms with van der Waals surface area (Å²) in [6, 6.07) is 11.7. The second-order valence-electron chi connectivity index (χ2n) is 10.4. The lowest BCUT2D eigenvalue weighted by molar-refractivity contribution is 0.166. The standard InChI is InChI=1S/C29H39FN3O4P/c1-19(2)33(20(3)4)16-24-12-22(8-9-25(24)26-14-28(36-6)32-15-27(26)30)17-37-29-13-23(10-11-31-29)21(5)18-38(7,34)35/h8-15,19-21H,16-18H2,1-7H3,(H,34,35). The van der Waals surface area contributed by atoms with Crippen LogP contribution < -0.4 is 9.47 Å². The Kier molecular flexibility index (Phi) is 10.0. The Hall–Kier alpha value is -2.80. The van der Waals surface area contributed by atoms with Gasteiger partial charge in [0.2, 0.25) is 11.8 Å². The maximum Gasteiger partial charge on any atom is 0.213 e. The third-order valence-corrected chi connectivity index (χ3v) is 7.73. The summed E-state index contributed by atoms with van der Waals surface area (Å²) in [4.78, 5) is 20.4. The van der Waals surface area contributed by atoms with Crippen LogP contribution >= 0.6 is 7.37 Å². The normalized spacial score (nSPS) is 14.1. The van der Waals surface area contributed by atoms with Crippen LogP contribution in [-0.2, 0) is 17.7 Å². The van der Waals surface area contributed by atoms with Gasteiger partial charge in [-0.2, -0.15) is 0 Å². The van der Waals surface area contributed by atoms with Crippen LogP contribution in [-0.4, -0.2) is 51.8 Å². The molecule has 0 bridgehead atoms. The maximum absolute atomic E-state index is 14.9. The smallest absolute Gasteiger partial charge is 0.213 e. The first-order valence-electron chi connectivity index (χ1n) is 12.8. The van der Waals surface area contributed by atoms with Gasteiger partial charge in [-0.05, 0) is 61.9 Å². The highest BCUT2D eigenvalue weighted by molar-refractivity contribution is 7.57. The molecule has 0 aliphatic carbocycles. The van der Waals surface area contributed by atoms with E-state index in [0.29, 0.717) is 36.0 Å². The molecule has 1 aromatic carbocycles. The van der Waals surface area contributed by atoms with Crippen LogP contribution in [0.25, 0.3) is 11.1 Å². The first kappa shape index (κ1) is 29.8. The van der Waals surface area contributed by atoms with Crippen molar-refractivity contribution in [1.29, 1.82) is 0 Å². The largest absolute Gasteiger partial charge is 0.481 e. The number of ether oxygens (including phenoxy) is 2. The predicted octanol–water partition coefficient (Wildman–Crippen LogP) is 6.49. The Labute approximate surface area is 225 Å². The SMILES string of the molecule is COc1cc(-c2ccc(COc3cc(C(C)CP(C)(=O)O)ccn3)cc2CN(C(C)C)C(C)C)c(F)cn1. The van der Waals surface area contributed by atoms with Gasteiger partial charge >= 0.3 is 0 Å². The second-order valence-corrected chi connectivity index (χ2v) is 12.9. The molecule has 0 aliphatic rings. The molecular formula is C29H39FN3O4P. The Bertz CT molecular complexity index is 1270. The predicted molar refractivity (Wildman–Crippen MR) is 150 cm³/mol. The average molecular weight is 544 g/mol. The molecule has 3 aromatic rings. The van der Waals surface area contributed by atoms with Crippen LogP contribution in [0, 0.1) is 5.82 Å². The number of methoxy groups -OCH3 is 1. The van der Waals surface area contributed by atoms with Crippen molar-refractivity contribution in [1.82, 2.24) is 14.9 Å². The molecule has 0 radical (unpaired) electrons. The van der Waals surface area contributed by atoms with E-state index in [2.05, 4.69) is 42.6 Å².